The molecule has 2 aliphatic rings. The molecule has 0 bridgehead atoms. The summed E-state index contributed by atoms with van der Waals surface area (Å²) in [6.07, 6.45) is 6.14. The second-order valence-corrected chi connectivity index (χ2v) is 7.71. The van der Waals surface area contributed by atoms with E-state index in [1.165, 1.54) is 11.9 Å². The van der Waals surface area contributed by atoms with Crippen LogP contribution in [-0.4, -0.2) is 48.9 Å². The summed E-state index contributed by atoms with van der Waals surface area (Å²) in [5.74, 6) is -1.16. The van der Waals surface area contributed by atoms with Gasteiger partial charge in [0.2, 0.25) is 17.7 Å². The molecule has 2 N–H and O–H groups in total. The number of likely N-dealkylation sites (tertiary alicyclic amines) is 1. The summed E-state index contributed by atoms with van der Waals surface area (Å²) in [7, 11) is 1.53. The molecule has 1 aromatic rings. The first-order valence-corrected chi connectivity index (χ1v) is 10.3. The number of benzene rings is 1. The summed E-state index contributed by atoms with van der Waals surface area (Å²) in [6.45, 7) is 2.38. The van der Waals surface area contributed by atoms with Crippen molar-refractivity contribution in [2.75, 3.05) is 20.2 Å². The van der Waals surface area contributed by atoms with Crippen LogP contribution in [0.3, 0.4) is 0 Å². The lowest BCUT2D eigenvalue weighted by molar-refractivity contribution is -0.142. The van der Waals surface area contributed by atoms with Gasteiger partial charge in [-0.1, -0.05) is 36.4 Å². The van der Waals surface area contributed by atoms with Crippen molar-refractivity contribution in [1.82, 2.24) is 15.5 Å². The maximum Gasteiger partial charge on any atom is 0.249 e. The molecule has 1 aliphatic carbocycles. The largest absolute Gasteiger partial charge is 0.367 e. The molecule has 3 rings (SSSR count). The second kappa shape index (κ2) is 10.2. The Morgan fingerprint density at radius 1 is 1.17 bits per heavy atom. The van der Waals surface area contributed by atoms with Crippen LogP contribution in [-0.2, 0) is 25.7 Å². The summed E-state index contributed by atoms with van der Waals surface area (Å²) in [6, 6.07) is 8.90. The Morgan fingerprint density at radius 2 is 1.93 bits per heavy atom. The number of rotatable bonds is 7. The molecular weight excluding hydrogens is 382 g/mol. The SMILES string of the molecule is CNC(=O)C1CC(C(=O)NC2=C(C)CCC=C2)CN1C(=O)COCc1ccccc1. The van der Waals surface area contributed by atoms with Gasteiger partial charge in [0.25, 0.3) is 0 Å². The van der Waals surface area contributed by atoms with E-state index in [1.807, 2.05) is 49.4 Å². The molecule has 160 valence electrons. The van der Waals surface area contributed by atoms with Crippen molar-refractivity contribution in [3.8, 4) is 0 Å². The van der Waals surface area contributed by atoms with Gasteiger partial charge in [0.05, 0.1) is 12.5 Å². The van der Waals surface area contributed by atoms with E-state index in [1.54, 1.807) is 0 Å². The molecule has 2 atom stereocenters. The van der Waals surface area contributed by atoms with E-state index >= 15 is 0 Å². The van der Waals surface area contributed by atoms with Crippen molar-refractivity contribution >= 4 is 17.7 Å². The van der Waals surface area contributed by atoms with Gasteiger partial charge in [0.15, 0.2) is 0 Å². The third-order valence-corrected chi connectivity index (χ3v) is 5.57. The Morgan fingerprint density at radius 3 is 2.63 bits per heavy atom. The zero-order valence-electron chi connectivity index (χ0n) is 17.5. The number of carbonyl (C=O) groups is 3. The molecule has 1 aromatic carbocycles. The molecule has 1 heterocycles. The monoisotopic (exact) mass is 411 g/mol. The van der Waals surface area contributed by atoms with Crippen molar-refractivity contribution in [1.29, 1.82) is 0 Å². The molecule has 0 aromatic heterocycles. The average Bonchev–Trinajstić information content (AvgIpc) is 3.21. The lowest BCUT2D eigenvalue weighted by Crippen LogP contribution is -2.46. The fraction of sp³-hybridized carbons (Fsp3) is 0.435. The highest BCUT2D eigenvalue weighted by molar-refractivity contribution is 5.91. The Hall–Kier alpha value is -2.93. The van der Waals surface area contributed by atoms with Crippen LogP contribution in [0.2, 0.25) is 0 Å². The predicted molar refractivity (Wildman–Crippen MR) is 113 cm³/mol. The molecule has 1 fully saturated rings. The number of ether oxygens (including phenoxy) is 1. The number of hydrogen-bond acceptors (Lipinski definition) is 4. The molecule has 0 radical (unpaired) electrons. The highest BCUT2D eigenvalue weighted by Gasteiger charge is 2.42. The minimum atomic E-state index is -0.671. The fourth-order valence-electron chi connectivity index (χ4n) is 3.79. The van der Waals surface area contributed by atoms with Gasteiger partial charge in [-0.15, -0.1) is 0 Å². The summed E-state index contributed by atoms with van der Waals surface area (Å²) in [5.41, 5.74) is 2.92. The van der Waals surface area contributed by atoms with Gasteiger partial charge in [-0.2, -0.15) is 0 Å². The van der Waals surface area contributed by atoms with E-state index in [-0.39, 0.29) is 30.9 Å². The first-order valence-electron chi connectivity index (χ1n) is 10.3. The topological polar surface area (TPSA) is 87.7 Å². The average molecular weight is 412 g/mol. The van der Waals surface area contributed by atoms with Gasteiger partial charge in [-0.05, 0) is 43.4 Å². The minimum absolute atomic E-state index is 0.135. The molecule has 1 saturated heterocycles. The third kappa shape index (κ3) is 5.36. The number of carbonyl (C=O) groups excluding carboxylic acids is 3. The Balaban J connectivity index is 1.60. The molecule has 30 heavy (non-hydrogen) atoms. The van der Waals surface area contributed by atoms with Crippen LogP contribution in [0.4, 0.5) is 0 Å². The second-order valence-electron chi connectivity index (χ2n) is 7.71. The Labute approximate surface area is 177 Å². The van der Waals surface area contributed by atoms with E-state index in [2.05, 4.69) is 10.6 Å². The summed E-state index contributed by atoms with van der Waals surface area (Å²) in [5, 5.41) is 5.56. The Kier molecular flexibility index (Phi) is 7.41. The quantitative estimate of drug-likeness (QED) is 0.718. The molecular formula is C23H29N3O4. The van der Waals surface area contributed by atoms with Gasteiger partial charge >= 0.3 is 0 Å². The molecule has 0 saturated carbocycles. The van der Waals surface area contributed by atoms with Crippen LogP contribution in [0, 0.1) is 5.92 Å². The van der Waals surface area contributed by atoms with Crippen molar-refractivity contribution in [3.63, 3.8) is 0 Å². The first-order chi connectivity index (χ1) is 14.5. The van der Waals surface area contributed by atoms with Gasteiger partial charge in [-0.25, -0.2) is 0 Å². The van der Waals surface area contributed by atoms with Crippen molar-refractivity contribution in [2.45, 2.75) is 38.8 Å². The zero-order chi connectivity index (χ0) is 21.5. The van der Waals surface area contributed by atoms with Gasteiger partial charge in [0.1, 0.15) is 12.6 Å². The van der Waals surface area contributed by atoms with E-state index in [4.69, 9.17) is 4.74 Å². The molecule has 7 nitrogen and oxygen atoms in total. The number of likely N-dealkylation sites (N-methyl/N-ethyl adjacent to an activating group) is 1. The van der Waals surface area contributed by atoms with Gasteiger partial charge in [-0.3, -0.25) is 14.4 Å². The van der Waals surface area contributed by atoms with Crippen LogP contribution in [0.1, 0.15) is 31.7 Å². The minimum Gasteiger partial charge on any atom is -0.367 e. The van der Waals surface area contributed by atoms with Gasteiger partial charge < -0.3 is 20.3 Å². The van der Waals surface area contributed by atoms with Crippen molar-refractivity contribution in [2.24, 2.45) is 5.92 Å². The van der Waals surface area contributed by atoms with Gasteiger partial charge in [0, 0.05) is 19.3 Å². The van der Waals surface area contributed by atoms with E-state index in [0.29, 0.717) is 13.0 Å². The predicted octanol–water partition coefficient (Wildman–Crippen LogP) is 1.91. The van der Waals surface area contributed by atoms with E-state index in [9.17, 15) is 14.4 Å². The van der Waals surface area contributed by atoms with Crippen molar-refractivity contribution in [3.05, 3.63) is 59.3 Å². The normalized spacial score (nSPS) is 20.9. The summed E-state index contributed by atoms with van der Waals surface area (Å²) in [4.78, 5) is 39.3. The molecule has 0 spiro atoms. The van der Waals surface area contributed by atoms with Crippen molar-refractivity contribution < 1.29 is 19.1 Å². The molecule has 3 amide bonds. The first kappa shape index (κ1) is 21.8. The smallest absolute Gasteiger partial charge is 0.249 e. The molecule has 7 heteroatoms. The number of hydrogen-bond donors (Lipinski definition) is 2. The van der Waals surface area contributed by atoms with Crippen LogP contribution in [0.25, 0.3) is 0 Å². The highest BCUT2D eigenvalue weighted by atomic mass is 16.5. The maximum absolute atomic E-state index is 12.8. The number of amides is 3. The lowest BCUT2D eigenvalue weighted by Gasteiger charge is -2.23. The summed E-state index contributed by atoms with van der Waals surface area (Å²) < 4.78 is 5.55. The van der Waals surface area contributed by atoms with Crippen LogP contribution >= 0.6 is 0 Å². The highest BCUT2D eigenvalue weighted by Crippen LogP contribution is 2.25. The number of nitrogens with one attached hydrogen (secondary N) is 2. The van der Waals surface area contributed by atoms with Crippen LogP contribution < -0.4 is 10.6 Å². The molecule has 1 aliphatic heterocycles. The summed E-state index contributed by atoms with van der Waals surface area (Å²) >= 11 is 0. The maximum atomic E-state index is 12.8. The van der Waals surface area contributed by atoms with E-state index in [0.717, 1.165) is 29.7 Å². The number of allylic oxidation sites excluding steroid dienone is 3. The fourth-order valence-corrected chi connectivity index (χ4v) is 3.79. The van der Waals surface area contributed by atoms with Crippen LogP contribution in [0.5, 0.6) is 0 Å². The van der Waals surface area contributed by atoms with E-state index < -0.39 is 12.0 Å². The molecule has 2 unspecified atom stereocenters. The van der Waals surface area contributed by atoms with Crippen LogP contribution in [0.15, 0.2) is 53.8 Å². The lowest BCUT2D eigenvalue weighted by atomic mass is 10.0. The standard InChI is InChI=1S/C23H29N3O4/c1-16-8-6-7-11-19(16)25-22(28)18-12-20(23(29)24-2)26(13-18)21(27)15-30-14-17-9-4-3-5-10-17/h3-5,7,9-11,18,20H,6,8,12-15H2,1-2H3,(H,24,29)(H,25,28). The Bertz CT molecular complexity index is 847. The third-order valence-electron chi connectivity index (χ3n) is 5.57. The number of nitrogens with zero attached hydrogens (tertiary/aromatic N) is 1. The zero-order valence-corrected chi connectivity index (χ0v) is 17.5.